The largest absolute Gasteiger partial charge is 0.494 e. The molecule has 3 N–H and O–H groups in total. The summed E-state index contributed by atoms with van der Waals surface area (Å²) in [5.41, 5.74) is 7.10. The van der Waals surface area contributed by atoms with Gasteiger partial charge in [0.25, 0.3) is 5.91 Å². The highest BCUT2D eigenvalue weighted by atomic mass is 19.3. The minimum absolute atomic E-state index is 0.100. The lowest BCUT2D eigenvalue weighted by molar-refractivity contribution is 0.0948. The van der Waals surface area contributed by atoms with Crippen molar-refractivity contribution in [1.29, 1.82) is 0 Å². The van der Waals surface area contributed by atoms with Crippen LogP contribution >= 0.6 is 0 Å². The lowest BCUT2D eigenvalue weighted by Gasteiger charge is -2.30. The molecule has 10 heteroatoms. The van der Waals surface area contributed by atoms with Gasteiger partial charge < -0.3 is 25.2 Å². The maximum atomic E-state index is 12.6. The highest BCUT2D eigenvalue weighted by molar-refractivity contribution is 5.95. The molecule has 33 heavy (non-hydrogen) atoms. The summed E-state index contributed by atoms with van der Waals surface area (Å²) in [6.45, 7) is 7.00. The predicted octanol–water partition coefficient (Wildman–Crippen LogP) is 3.72. The molecule has 1 atom stereocenters. The topological polar surface area (TPSA) is 107 Å². The Morgan fingerprint density at radius 2 is 2.12 bits per heavy atom. The number of benzene rings is 1. The number of aryl methyl sites for hydroxylation is 1. The molecule has 182 valence electrons. The minimum Gasteiger partial charge on any atom is -0.494 e. The van der Waals surface area contributed by atoms with Gasteiger partial charge in [-0.2, -0.15) is 4.98 Å². The van der Waals surface area contributed by atoms with Gasteiger partial charge in [-0.15, -0.1) is 0 Å². The summed E-state index contributed by atoms with van der Waals surface area (Å²) in [7, 11) is 0. The Morgan fingerprint density at radius 1 is 1.36 bits per heavy atom. The SMILES string of the molecule is Cc1cc(OCCCC2CCN(c3nc(C(F)F)no3)CC2)ccc1C(=O)NC[C@H](C)CN. The number of piperidine rings is 1. The molecule has 0 spiro atoms. The first-order chi connectivity index (χ1) is 15.9. The Labute approximate surface area is 192 Å². The van der Waals surface area contributed by atoms with Gasteiger partial charge in [-0.1, -0.05) is 12.1 Å². The second-order valence-corrected chi connectivity index (χ2v) is 8.68. The van der Waals surface area contributed by atoms with Gasteiger partial charge in [0.2, 0.25) is 5.82 Å². The average Bonchev–Trinajstić information content (AvgIpc) is 3.31. The van der Waals surface area contributed by atoms with Gasteiger partial charge in [-0.3, -0.25) is 4.79 Å². The van der Waals surface area contributed by atoms with Crippen molar-refractivity contribution in [3.8, 4) is 5.75 Å². The zero-order valence-corrected chi connectivity index (χ0v) is 19.2. The molecule has 1 fully saturated rings. The summed E-state index contributed by atoms with van der Waals surface area (Å²) in [4.78, 5) is 18.0. The smallest absolute Gasteiger partial charge is 0.324 e. The number of nitrogens with zero attached hydrogens (tertiary/aromatic N) is 3. The molecule has 3 rings (SSSR count). The fourth-order valence-corrected chi connectivity index (χ4v) is 3.84. The van der Waals surface area contributed by atoms with Crippen molar-refractivity contribution in [2.75, 3.05) is 37.7 Å². The van der Waals surface area contributed by atoms with Crippen molar-refractivity contribution in [2.24, 2.45) is 17.6 Å². The van der Waals surface area contributed by atoms with Crippen LogP contribution in [0.25, 0.3) is 0 Å². The third kappa shape index (κ3) is 7.12. The summed E-state index contributed by atoms with van der Waals surface area (Å²) in [5.74, 6) is 0.874. The van der Waals surface area contributed by atoms with Crippen LogP contribution in [0.4, 0.5) is 14.8 Å². The molecule has 2 heterocycles. The van der Waals surface area contributed by atoms with Crippen molar-refractivity contribution in [3.63, 3.8) is 0 Å². The molecule has 0 saturated carbocycles. The number of rotatable bonds is 11. The van der Waals surface area contributed by atoms with E-state index in [-0.39, 0.29) is 17.8 Å². The van der Waals surface area contributed by atoms with E-state index < -0.39 is 12.2 Å². The number of nitrogens with two attached hydrogens (primary N) is 1. The minimum atomic E-state index is -2.72. The quantitative estimate of drug-likeness (QED) is 0.487. The van der Waals surface area contributed by atoms with Gasteiger partial charge in [0, 0.05) is 25.2 Å². The number of halogens is 2. The van der Waals surface area contributed by atoms with Crippen LogP contribution < -0.4 is 20.7 Å². The second-order valence-electron chi connectivity index (χ2n) is 8.68. The molecule has 1 aromatic heterocycles. The highest BCUT2D eigenvalue weighted by Crippen LogP contribution is 2.27. The zero-order valence-electron chi connectivity index (χ0n) is 19.2. The molecule has 1 aromatic carbocycles. The Morgan fingerprint density at radius 3 is 2.76 bits per heavy atom. The summed E-state index contributed by atoms with van der Waals surface area (Å²) in [6, 6.07) is 5.68. The van der Waals surface area contributed by atoms with E-state index in [1.54, 1.807) is 6.07 Å². The summed E-state index contributed by atoms with van der Waals surface area (Å²) < 4.78 is 36.1. The van der Waals surface area contributed by atoms with Gasteiger partial charge >= 0.3 is 12.4 Å². The summed E-state index contributed by atoms with van der Waals surface area (Å²) >= 11 is 0. The highest BCUT2D eigenvalue weighted by Gasteiger charge is 2.24. The Balaban J connectivity index is 1.36. The van der Waals surface area contributed by atoms with Gasteiger partial charge in [0.15, 0.2) is 0 Å². The van der Waals surface area contributed by atoms with Crippen molar-refractivity contribution < 1.29 is 22.8 Å². The average molecular weight is 466 g/mol. The monoisotopic (exact) mass is 465 g/mol. The molecule has 8 nitrogen and oxygen atoms in total. The fourth-order valence-electron chi connectivity index (χ4n) is 3.84. The number of alkyl halides is 2. The van der Waals surface area contributed by atoms with Gasteiger partial charge in [0.05, 0.1) is 6.61 Å². The normalized spacial score (nSPS) is 15.6. The van der Waals surface area contributed by atoms with Crippen LogP contribution in [-0.4, -0.2) is 48.8 Å². The number of carbonyl (C=O) groups is 1. The standard InChI is InChI=1S/C23H33F2N5O3/c1-15(13-26)14-27-22(31)19-6-5-18(12-16(19)2)32-11-3-4-17-7-9-30(10-8-17)23-28-21(20(24)25)29-33-23/h5-6,12,15,17,20H,3-4,7-11,13-14,26H2,1-2H3,(H,27,31)/t15-/m1/s1. The van der Waals surface area contributed by atoms with E-state index in [1.165, 1.54) is 0 Å². The first-order valence-electron chi connectivity index (χ1n) is 11.5. The number of aromatic nitrogens is 2. The summed E-state index contributed by atoms with van der Waals surface area (Å²) in [5, 5.41) is 6.23. The van der Waals surface area contributed by atoms with Crippen molar-refractivity contribution in [3.05, 3.63) is 35.2 Å². The fraction of sp³-hybridized carbons (Fsp3) is 0.609. The molecular formula is C23H33F2N5O3. The molecule has 1 aliphatic heterocycles. The van der Waals surface area contributed by atoms with Crippen LogP contribution in [0.5, 0.6) is 5.75 Å². The predicted molar refractivity (Wildman–Crippen MR) is 121 cm³/mol. The van der Waals surface area contributed by atoms with Crippen LogP contribution in [0.3, 0.4) is 0 Å². The van der Waals surface area contributed by atoms with Gasteiger partial charge in [-0.25, -0.2) is 8.78 Å². The van der Waals surface area contributed by atoms with E-state index in [1.807, 2.05) is 30.9 Å². The van der Waals surface area contributed by atoms with Crippen LogP contribution in [0, 0.1) is 18.8 Å². The van der Waals surface area contributed by atoms with E-state index >= 15 is 0 Å². The molecule has 1 amide bonds. The molecule has 0 bridgehead atoms. The van der Waals surface area contributed by atoms with Gasteiger partial charge in [-0.05, 0) is 74.8 Å². The molecule has 1 saturated heterocycles. The first-order valence-corrected chi connectivity index (χ1v) is 11.5. The lowest BCUT2D eigenvalue weighted by Crippen LogP contribution is -2.34. The summed E-state index contributed by atoms with van der Waals surface area (Å²) in [6.07, 6.45) is 1.11. The zero-order chi connectivity index (χ0) is 23.8. The van der Waals surface area contributed by atoms with E-state index in [0.717, 1.165) is 37.0 Å². The maximum absolute atomic E-state index is 12.6. The molecule has 0 radical (unpaired) electrons. The van der Waals surface area contributed by atoms with Gasteiger partial charge in [0.1, 0.15) is 5.75 Å². The third-order valence-corrected chi connectivity index (χ3v) is 5.99. The Bertz CT molecular complexity index is 900. The number of anilines is 1. The number of hydrogen-bond donors (Lipinski definition) is 2. The molecule has 1 aliphatic rings. The van der Waals surface area contributed by atoms with E-state index in [4.69, 9.17) is 15.0 Å². The van der Waals surface area contributed by atoms with Crippen LogP contribution in [-0.2, 0) is 0 Å². The second kappa shape index (κ2) is 11.9. The number of ether oxygens (including phenoxy) is 1. The number of nitrogens with one attached hydrogen (secondary N) is 1. The van der Waals surface area contributed by atoms with Crippen LogP contribution in [0.15, 0.2) is 22.7 Å². The number of amides is 1. The first kappa shape index (κ1) is 24.9. The van der Waals surface area contributed by atoms with Crippen molar-refractivity contribution in [1.82, 2.24) is 15.5 Å². The number of carbonyl (C=O) groups excluding carboxylic acids is 1. The van der Waals surface area contributed by atoms with Crippen molar-refractivity contribution in [2.45, 2.75) is 46.0 Å². The lowest BCUT2D eigenvalue weighted by atomic mass is 9.92. The van der Waals surface area contributed by atoms with E-state index in [9.17, 15) is 13.6 Å². The maximum Gasteiger partial charge on any atom is 0.324 e. The van der Waals surface area contributed by atoms with Crippen LogP contribution in [0.1, 0.15) is 60.8 Å². The molecule has 0 aliphatic carbocycles. The number of hydrogen-bond acceptors (Lipinski definition) is 7. The molecule has 0 unspecified atom stereocenters. The Kier molecular flexibility index (Phi) is 8.99. The van der Waals surface area contributed by atoms with Crippen LogP contribution in [0.2, 0.25) is 0 Å². The van der Waals surface area contributed by atoms with Crippen molar-refractivity contribution >= 4 is 11.9 Å². The molecular weight excluding hydrogens is 432 g/mol. The molecule has 2 aromatic rings. The third-order valence-electron chi connectivity index (χ3n) is 5.99. The van der Waals surface area contributed by atoms with E-state index in [0.29, 0.717) is 44.3 Å². The van der Waals surface area contributed by atoms with E-state index in [2.05, 4.69) is 15.5 Å². The Hall–Kier alpha value is -2.75.